The number of ketones is 1. The number of carbonyl (C=O) groups is 1. The van der Waals surface area contributed by atoms with Gasteiger partial charge in [-0.1, -0.05) is 67.3 Å². The second kappa shape index (κ2) is 15.1. The van der Waals surface area contributed by atoms with E-state index in [1.807, 2.05) is 61.5 Å². The van der Waals surface area contributed by atoms with Gasteiger partial charge in [0.2, 0.25) is 0 Å². The summed E-state index contributed by atoms with van der Waals surface area (Å²) in [5.41, 5.74) is 3.62. The second-order valence-electron chi connectivity index (χ2n) is 11.6. The molecule has 5 atom stereocenters. The topological polar surface area (TPSA) is 96.2 Å². The minimum Gasteiger partial charge on any atom is -0.494 e. The van der Waals surface area contributed by atoms with Crippen molar-refractivity contribution in [3.05, 3.63) is 94.0 Å². The molecule has 3 aromatic carbocycles. The van der Waals surface area contributed by atoms with E-state index in [4.69, 9.17) is 21.1 Å². The first-order valence-electron chi connectivity index (χ1n) is 15.3. The average molecular weight is 625 g/mol. The van der Waals surface area contributed by atoms with Gasteiger partial charge < -0.3 is 24.8 Å². The summed E-state index contributed by atoms with van der Waals surface area (Å²) in [6.07, 6.45) is 1.18. The Hall–Kier alpha value is -2.39. The Morgan fingerprint density at radius 2 is 1.60 bits per heavy atom. The van der Waals surface area contributed by atoms with Gasteiger partial charge in [-0.3, -0.25) is 4.79 Å². The molecule has 0 bridgehead atoms. The van der Waals surface area contributed by atoms with Crippen LogP contribution >= 0.6 is 23.4 Å². The van der Waals surface area contributed by atoms with Crippen LogP contribution in [0.2, 0.25) is 5.02 Å². The van der Waals surface area contributed by atoms with E-state index in [0.29, 0.717) is 41.6 Å². The quantitative estimate of drug-likeness (QED) is 0.214. The molecule has 6 nitrogen and oxygen atoms in total. The minimum absolute atomic E-state index is 0.200. The Balaban J connectivity index is 1.22. The minimum atomic E-state index is -1.36. The van der Waals surface area contributed by atoms with Gasteiger partial charge in [-0.05, 0) is 78.8 Å². The molecule has 0 spiro atoms. The van der Waals surface area contributed by atoms with Gasteiger partial charge in [0.05, 0.1) is 12.7 Å². The summed E-state index contributed by atoms with van der Waals surface area (Å²) < 4.78 is 11.8. The summed E-state index contributed by atoms with van der Waals surface area (Å²) in [7, 11) is 0. The molecule has 1 saturated carbocycles. The van der Waals surface area contributed by atoms with Crippen LogP contribution in [0.15, 0.2) is 71.6 Å². The number of benzene rings is 3. The van der Waals surface area contributed by atoms with Crippen LogP contribution in [0, 0.1) is 5.92 Å². The van der Waals surface area contributed by atoms with Crippen molar-refractivity contribution in [2.24, 2.45) is 5.92 Å². The Morgan fingerprint density at radius 1 is 0.907 bits per heavy atom. The smallest absolute Gasteiger partial charge is 0.140 e. The molecule has 0 amide bonds. The first kappa shape index (κ1) is 32.0. The number of halogens is 1. The molecule has 2 fully saturated rings. The lowest BCUT2D eigenvalue weighted by Gasteiger charge is -2.41. The highest BCUT2D eigenvalue weighted by atomic mass is 35.5. The number of ether oxygens (including phenoxy) is 2. The first-order chi connectivity index (χ1) is 20.8. The molecule has 0 unspecified atom stereocenters. The summed E-state index contributed by atoms with van der Waals surface area (Å²) in [5.74, 6) is 1.73. The van der Waals surface area contributed by atoms with Crippen molar-refractivity contribution < 1.29 is 29.6 Å². The van der Waals surface area contributed by atoms with Gasteiger partial charge in [0.15, 0.2) is 0 Å². The van der Waals surface area contributed by atoms with Crippen molar-refractivity contribution in [3.63, 3.8) is 0 Å². The van der Waals surface area contributed by atoms with E-state index >= 15 is 0 Å². The van der Waals surface area contributed by atoms with Crippen LogP contribution < -0.4 is 4.74 Å². The molecule has 3 N–H and O–H groups in total. The highest BCUT2D eigenvalue weighted by molar-refractivity contribution is 7.99. The highest BCUT2D eigenvalue weighted by Gasteiger charge is 2.44. The largest absolute Gasteiger partial charge is 0.494 e. The van der Waals surface area contributed by atoms with Gasteiger partial charge in [0.1, 0.15) is 35.9 Å². The molecule has 0 radical (unpaired) electrons. The maximum atomic E-state index is 12.7. The number of Topliss-reactive ketones (excluding diaryl/α,β-unsaturated/α-hetero) is 1. The van der Waals surface area contributed by atoms with Crippen LogP contribution in [0.25, 0.3) is 0 Å². The number of hydrogen-bond acceptors (Lipinski definition) is 7. The molecule has 5 rings (SSSR count). The molecule has 0 aromatic heterocycles. The molecule has 43 heavy (non-hydrogen) atoms. The number of hydrogen-bond donors (Lipinski definition) is 3. The standard InChI is InChI=1S/C35H41ClO6S/c1-2-41-27-13-8-22(9-14-27)18-26-20-25(12-17-29(26)36)35-34(40)33(39)32(38)31(42-35)21-43-28-15-10-23(11-16-28)19-30(37)24-6-4-3-5-7-24/h8-17,20,24,31-35,38-40H,2-7,18-19,21H2,1H3/t31-,32-,33+,34-,35+/m1/s1. The van der Waals surface area contributed by atoms with Crippen molar-refractivity contribution in [3.8, 4) is 5.75 Å². The zero-order valence-corrected chi connectivity index (χ0v) is 26.1. The number of thioether (sulfide) groups is 1. The van der Waals surface area contributed by atoms with Crippen molar-refractivity contribution in [1.29, 1.82) is 0 Å². The molecule has 230 valence electrons. The van der Waals surface area contributed by atoms with E-state index in [1.54, 1.807) is 12.1 Å². The van der Waals surface area contributed by atoms with Crippen LogP contribution in [-0.2, 0) is 22.4 Å². The van der Waals surface area contributed by atoms with E-state index in [0.717, 1.165) is 53.0 Å². The second-order valence-corrected chi connectivity index (χ2v) is 13.1. The van der Waals surface area contributed by atoms with Crippen LogP contribution in [0.3, 0.4) is 0 Å². The SMILES string of the molecule is CCOc1ccc(Cc2cc([C@@H]3O[C@H](CSc4ccc(CC(=O)C5CCCCC5)cc4)[C@@H](O)[C@H](O)[C@H]3O)ccc2Cl)cc1. The normalized spacial score (nSPS) is 24.5. The molecule has 1 saturated heterocycles. The summed E-state index contributed by atoms with van der Waals surface area (Å²) in [4.78, 5) is 13.7. The molecule has 3 aromatic rings. The summed E-state index contributed by atoms with van der Waals surface area (Å²) in [6, 6.07) is 21.3. The number of rotatable bonds is 11. The summed E-state index contributed by atoms with van der Waals surface area (Å²) in [5, 5.41) is 33.0. The Kier molecular flexibility index (Phi) is 11.2. The molecular formula is C35H41ClO6S. The number of aliphatic hydroxyl groups excluding tert-OH is 3. The average Bonchev–Trinajstić information content (AvgIpc) is 3.03. The van der Waals surface area contributed by atoms with Crippen molar-refractivity contribution in [2.45, 2.75) is 87.3 Å². The van der Waals surface area contributed by atoms with Crippen LogP contribution in [0.1, 0.15) is 67.4 Å². The van der Waals surface area contributed by atoms with E-state index in [1.165, 1.54) is 18.2 Å². The Bertz CT molecular complexity index is 1340. The third-order valence-electron chi connectivity index (χ3n) is 8.52. The van der Waals surface area contributed by atoms with E-state index < -0.39 is 30.5 Å². The molecule has 1 aliphatic heterocycles. The van der Waals surface area contributed by atoms with Crippen molar-refractivity contribution in [2.75, 3.05) is 12.4 Å². The lowest BCUT2D eigenvalue weighted by molar-refractivity contribution is -0.218. The Morgan fingerprint density at radius 3 is 2.30 bits per heavy atom. The molecule has 2 aliphatic rings. The molecule has 1 aliphatic carbocycles. The van der Waals surface area contributed by atoms with Crippen LogP contribution in [-0.4, -0.2) is 57.9 Å². The predicted octanol–water partition coefficient (Wildman–Crippen LogP) is 6.34. The van der Waals surface area contributed by atoms with Gasteiger partial charge in [0.25, 0.3) is 0 Å². The predicted molar refractivity (Wildman–Crippen MR) is 170 cm³/mol. The third-order valence-corrected chi connectivity index (χ3v) is 9.99. The van der Waals surface area contributed by atoms with E-state index in [2.05, 4.69) is 0 Å². The maximum absolute atomic E-state index is 12.7. The fourth-order valence-corrected chi connectivity index (χ4v) is 7.16. The first-order valence-corrected chi connectivity index (χ1v) is 16.6. The van der Waals surface area contributed by atoms with Crippen molar-refractivity contribution >= 4 is 29.1 Å². The van der Waals surface area contributed by atoms with Gasteiger partial charge >= 0.3 is 0 Å². The van der Waals surface area contributed by atoms with Crippen LogP contribution in [0.4, 0.5) is 0 Å². The third kappa shape index (κ3) is 8.21. The summed E-state index contributed by atoms with van der Waals surface area (Å²) >= 11 is 8.04. The zero-order valence-electron chi connectivity index (χ0n) is 24.5. The number of aliphatic hydroxyl groups is 3. The molecule has 1 heterocycles. The van der Waals surface area contributed by atoms with Gasteiger partial charge in [0, 0.05) is 28.0 Å². The Labute approximate surface area is 263 Å². The highest BCUT2D eigenvalue weighted by Crippen LogP contribution is 2.36. The maximum Gasteiger partial charge on any atom is 0.140 e. The van der Waals surface area contributed by atoms with Gasteiger partial charge in [-0.15, -0.1) is 11.8 Å². The van der Waals surface area contributed by atoms with Crippen molar-refractivity contribution in [1.82, 2.24) is 0 Å². The van der Waals surface area contributed by atoms with Gasteiger partial charge in [-0.25, -0.2) is 0 Å². The number of carbonyl (C=O) groups excluding carboxylic acids is 1. The lowest BCUT2D eigenvalue weighted by Crippen LogP contribution is -2.54. The van der Waals surface area contributed by atoms with E-state index in [-0.39, 0.29) is 5.92 Å². The fourth-order valence-electron chi connectivity index (χ4n) is 6.01. The van der Waals surface area contributed by atoms with Gasteiger partial charge in [-0.2, -0.15) is 0 Å². The van der Waals surface area contributed by atoms with E-state index in [9.17, 15) is 20.1 Å². The summed E-state index contributed by atoms with van der Waals surface area (Å²) in [6.45, 7) is 2.55. The molecule has 8 heteroatoms. The zero-order chi connectivity index (χ0) is 30.3. The van der Waals surface area contributed by atoms with Crippen LogP contribution in [0.5, 0.6) is 5.75 Å². The monoisotopic (exact) mass is 624 g/mol. The lowest BCUT2D eigenvalue weighted by atomic mass is 9.84. The molecular weight excluding hydrogens is 584 g/mol. The fraction of sp³-hybridized carbons (Fsp3) is 0.457.